The Kier molecular flexibility index (Phi) is 5.98. The molecule has 0 aromatic heterocycles. The highest BCUT2D eigenvalue weighted by atomic mass is 79.9. The summed E-state index contributed by atoms with van der Waals surface area (Å²) in [5.74, 6) is 0.528. The Morgan fingerprint density at radius 3 is 2.89 bits per heavy atom. The lowest BCUT2D eigenvalue weighted by molar-refractivity contribution is 0.281. The largest absolute Gasteiger partial charge is 0.494 e. The zero-order valence-electron chi connectivity index (χ0n) is 9.90. The van der Waals surface area contributed by atoms with E-state index >= 15 is 0 Å². The topological polar surface area (TPSA) is 77.6 Å². The molecule has 0 heterocycles. The third kappa shape index (κ3) is 3.63. The number of hydrogen-bond donors (Lipinski definition) is 2. The van der Waals surface area contributed by atoms with Gasteiger partial charge >= 0.3 is 0 Å². The van der Waals surface area contributed by atoms with Crippen molar-refractivity contribution in [3.8, 4) is 11.9 Å². The second-order valence-electron chi connectivity index (χ2n) is 3.13. The predicted octanol–water partition coefficient (Wildman–Crippen LogP) is 2.37. The monoisotopic (exact) mass is 329 g/mol. The van der Waals surface area contributed by atoms with E-state index in [0.29, 0.717) is 22.2 Å². The number of thioether (sulfide) groups is 1. The number of ether oxygens (including phenoxy) is 1. The smallest absolute Gasteiger partial charge is 0.183 e. The van der Waals surface area contributed by atoms with Gasteiger partial charge in [-0.1, -0.05) is 27.7 Å². The molecule has 0 unspecified atom stereocenters. The minimum absolute atomic E-state index is 0.164. The van der Waals surface area contributed by atoms with Crippen LogP contribution in [0.2, 0.25) is 0 Å². The standard InChI is InChI=1S/C11H12BrN3O2S/c1-17-9-4-8(12)3-7(5-16)10(9)15-11(18-2)14-6-13/h3-4,16H,5H2,1-2H3,(H,14,15). The first-order valence-electron chi connectivity index (χ1n) is 4.91. The SMILES string of the molecule is COc1cc(Br)cc(CO)c1N=C(NC#N)SC. The Bertz CT molecular complexity index is 475. The van der Waals surface area contributed by atoms with Gasteiger partial charge in [-0.25, -0.2) is 4.99 Å². The van der Waals surface area contributed by atoms with Crippen molar-refractivity contribution in [1.29, 1.82) is 5.26 Å². The predicted molar refractivity (Wildman–Crippen MR) is 76.0 cm³/mol. The average Bonchev–Trinajstić information content (AvgIpc) is 2.38. The summed E-state index contributed by atoms with van der Waals surface area (Å²) in [6, 6.07) is 3.51. The lowest BCUT2D eigenvalue weighted by atomic mass is 10.2. The molecular formula is C11H12BrN3O2S. The molecule has 18 heavy (non-hydrogen) atoms. The fourth-order valence-electron chi connectivity index (χ4n) is 1.31. The second kappa shape index (κ2) is 7.26. The third-order valence-electron chi connectivity index (χ3n) is 2.08. The quantitative estimate of drug-likeness (QED) is 0.385. The molecule has 0 amide bonds. The van der Waals surface area contributed by atoms with Crippen molar-refractivity contribution >= 4 is 38.5 Å². The van der Waals surface area contributed by atoms with Crippen molar-refractivity contribution in [2.24, 2.45) is 4.99 Å². The second-order valence-corrected chi connectivity index (χ2v) is 4.84. The van der Waals surface area contributed by atoms with E-state index in [9.17, 15) is 5.11 Å². The molecule has 0 aliphatic rings. The van der Waals surface area contributed by atoms with Gasteiger partial charge in [0.1, 0.15) is 11.4 Å². The number of benzene rings is 1. The maximum absolute atomic E-state index is 9.34. The maximum Gasteiger partial charge on any atom is 0.183 e. The Morgan fingerprint density at radius 1 is 1.67 bits per heavy atom. The molecule has 0 saturated heterocycles. The van der Waals surface area contributed by atoms with Crippen LogP contribution in [0, 0.1) is 11.5 Å². The van der Waals surface area contributed by atoms with Crippen LogP contribution in [-0.2, 0) is 6.61 Å². The number of methoxy groups -OCH3 is 1. The van der Waals surface area contributed by atoms with Crippen molar-refractivity contribution in [2.45, 2.75) is 6.61 Å². The molecule has 0 aliphatic carbocycles. The van der Waals surface area contributed by atoms with Crippen LogP contribution in [-0.4, -0.2) is 23.6 Å². The number of aliphatic hydroxyl groups is 1. The number of nitrogens with one attached hydrogen (secondary N) is 1. The molecule has 5 nitrogen and oxygen atoms in total. The van der Waals surface area contributed by atoms with E-state index in [2.05, 4.69) is 26.2 Å². The minimum Gasteiger partial charge on any atom is -0.494 e. The van der Waals surface area contributed by atoms with Crippen molar-refractivity contribution < 1.29 is 9.84 Å². The molecule has 0 fully saturated rings. The first kappa shape index (κ1) is 14.8. The van der Waals surface area contributed by atoms with Gasteiger partial charge in [-0.05, 0) is 18.4 Å². The lowest BCUT2D eigenvalue weighted by Crippen LogP contribution is -2.12. The summed E-state index contributed by atoms with van der Waals surface area (Å²) < 4.78 is 6.02. The Morgan fingerprint density at radius 2 is 2.39 bits per heavy atom. The van der Waals surface area contributed by atoms with Crippen LogP contribution in [0.25, 0.3) is 0 Å². The van der Waals surface area contributed by atoms with Crippen LogP contribution >= 0.6 is 27.7 Å². The molecule has 0 atom stereocenters. The van der Waals surface area contributed by atoms with Gasteiger partial charge in [-0.2, -0.15) is 5.26 Å². The van der Waals surface area contributed by atoms with E-state index in [-0.39, 0.29) is 6.61 Å². The molecule has 0 aliphatic heterocycles. The van der Waals surface area contributed by atoms with Gasteiger partial charge in [0.15, 0.2) is 11.4 Å². The first-order chi connectivity index (χ1) is 8.65. The van der Waals surface area contributed by atoms with Gasteiger partial charge in [0.25, 0.3) is 0 Å². The zero-order chi connectivity index (χ0) is 13.5. The lowest BCUT2D eigenvalue weighted by Gasteiger charge is -2.10. The van der Waals surface area contributed by atoms with E-state index < -0.39 is 0 Å². The fraction of sp³-hybridized carbons (Fsp3) is 0.273. The molecule has 0 saturated carbocycles. The Hall–Kier alpha value is -1.23. The highest BCUT2D eigenvalue weighted by molar-refractivity contribution is 9.10. The summed E-state index contributed by atoms with van der Waals surface area (Å²) >= 11 is 4.63. The van der Waals surface area contributed by atoms with Crippen molar-refractivity contribution in [1.82, 2.24) is 5.32 Å². The van der Waals surface area contributed by atoms with E-state index in [4.69, 9.17) is 10.00 Å². The van der Waals surface area contributed by atoms with Gasteiger partial charge in [-0.3, -0.25) is 5.32 Å². The molecule has 1 aromatic carbocycles. The van der Waals surface area contributed by atoms with Crippen LogP contribution < -0.4 is 10.1 Å². The third-order valence-corrected chi connectivity index (χ3v) is 3.12. The van der Waals surface area contributed by atoms with Gasteiger partial charge < -0.3 is 9.84 Å². The minimum atomic E-state index is -0.164. The summed E-state index contributed by atoms with van der Waals surface area (Å²) in [6.45, 7) is -0.164. The summed E-state index contributed by atoms with van der Waals surface area (Å²) in [6.07, 6.45) is 3.61. The molecular weight excluding hydrogens is 318 g/mol. The summed E-state index contributed by atoms with van der Waals surface area (Å²) in [5, 5.41) is 20.8. The highest BCUT2D eigenvalue weighted by Gasteiger charge is 2.11. The fourth-order valence-corrected chi connectivity index (χ4v) is 2.12. The van der Waals surface area contributed by atoms with E-state index in [1.165, 1.54) is 18.9 Å². The van der Waals surface area contributed by atoms with Crippen LogP contribution in [0.15, 0.2) is 21.6 Å². The molecule has 0 radical (unpaired) electrons. The van der Waals surface area contributed by atoms with Crippen molar-refractivity contribution in [2.75, 3.05) is 13.4 Å². The summed E-state index contributed by atoms with van der Waals surface area (Å²) in [7, 11) is 1.53. The van der Waals surface area contributed by atoms with Crippen molar-refractivity contribution in [3.05, 3.63) is 22.2 Å². The molecule has 96 valence electrons. The number of aliphatic hydroxyl groups excluding tert-OH is 1. The molecule has 0 bridgehead atoms. The normalized spacial score (nSPS) is 10.9. The molecule has 2 N–H and O–H groups in total. The molecule has 1 aromatic rings. The number of rotatable bonds is 3. The Balaban J connectivity index is 3.33. The number of halogens is 1. The number of hydrogen-bond acceptors (Lipinski definition) is 5. The Labute approximate surface area is 118 Å². The maximum atomic E-state index is 9.34. The van der Waals surface area contributed by atoms with Crippen molar-refractivity contribution in [3.63, 3.8) is 0 Å². The van der Waals surface area contributed by atoms with E-state index in [0.717, 1.165) is 4.47 Å². The van der Waals surface area contributed by atoms with Gasteiger partial charge in [0.05, 0.1) is 13.7 Å². The molecule has 1 rings (SSSR count). The molecule has 0 spiro atoms. The number of aliphatic imine (C=N–C) groups is 1. The highest BCUT2D eigenvalue weighted by Crippen LogP contribution is 2.35. The summed E-state index contributed by atoms with van der Waals surface area (Å²) in [4.78, 5) is 4.29. The van der Waals surface area contributed by atoms with Crippen LogP contribution in [0.4, 0.5) is 5.69 Å². The first-order valence-corrected chi connectivity index (χ1v) is 6.93. The van der Waals surface area contributed by atoms with E-state index in [1.807, 2.05) is 6.19 Å². The van der Waals surface area contributed by atoms with Crippen LogP contribution in [0.5, 0.6) is 5.75 Å². The van der Waals surface area contributed by atoms with Gasteiger partial charge in [0, 0.05) is 10.0 Å². The average molecular weight is 330 g/mol. The van der Waals surface area contributed by atoms with E-state index in [1.54, 1.807) is 18.4 Å². The molecule has 7 heteroatoms. The number of nitrogens with zero attached hydrogens (tertiary/aromatic N) is 2. The van der Waals surface area contributed by atoms with Crippen LogP contribution in [0.3, 0.4) is 0 Å². The van der Waals surface area contributed by atoms with Gasteiger partial charge in [0.2, 0.25) is 0 Å². The number of amidine groups is 1. The zero-order valence-corrected chi connectivity index (χ0v) is 12.3. The number of nitriles is 1. The van der Waals surface area contributed by atoms with Gasteiger partial charge in [-0.15, -0.1) is 0 Å². The van der Waals surface area contributed by atoms with Crippen LogP contribution in [0.1, 0.15) is 5.56 Å². The summed E-state index contributed by atoms with van der Waals surface area (Å²) in [5.41, 5.74) is 1.13.